The van der Waals surface area contributed by atoms with Crippen molar-refractivity contribution in [3.8, 4) is 5.75 Å². The number of rotatable bonds is 5. The highest BCUT2D eigenvalue weighted by atomic mass is 32.1. The van der Waals surface area contributed by atoms with E-state index < -0.39 is 16.9 Å². The van der Waals surface area contributed by atoms with Gasteiger partial charge in [-0.25, -0.2) is 5.01 Å². The standard InChI is InChI=1S/C19H17N5O4S/c1-2-22-11-15(24(27)28)18(21-22)19(26)23-14(12-6-3-4-7-16(12)25)10-13(20-23)17-8-5-9-29-17/h3-9,11,14,25H,2,10H2,1H3/t14-/m0/s1. The number of nitrogens with zero attached hydrogens (tertiary/aromatic N) is 5. The maximum Gasteiger partial charge on any atom is 0.320 e. The molecule has 0 bridgehead atoms. The molecular weight excluding hydrogens is 394 g/mol. The van der Waals surface area contributed by atoms with Crippen molar-refractivity contribution in [3.63, 3.8) is 0 Å². The number of amides is 1. The molecule has 1 amide bonds. The predicted octanol–water partition coefficient (Wildman–Crippen LogP) is 3.57. The van der Waals surface area contributed by atoms with Gasteiger partial charge >= 0.3 is 11.6 Å². The Labute approximate surface area is 169 Å². The quantitative estimate of drug-likeness (QED) is 0.509. The van der Waals surface area contributed by atoms with Crippen LogP contribution in [0.15, 0.2) is 53.1 Å². The highest BCUT2D eigenvalue weighted by molar-refractivity contribution is 7.12. The summed E-state index contributed by atoms with van der Waals surface area (Å²) < 4.78 is 1.35. The fraction of sp³-hybridized carbons (Fsp3) is 0.211. The van der Waals surface area contributed by atoms with E-state index in [1.807, 2.05) is 17.5 Å². The summed E-state index contributed by atoms with van der Waals surface area (Å²) in [5.74, 6) is -0.643. The van der Waals surface area contributed by atoms with Crippen molar-refractivity contribution in [1.29, 1.82) is 0 Å². The number of phenols is 1. The molecule has 3 aromatic rings. The van der Waals surface area contributed by atoms with Gasteiger partial charge in [-0.2, -0.15) is 10.2 Å². The van der Waals surface area contributed by atoms with E-state index in [0.717, 1.165) is 4.88 Å². The van der Waals surface area contributed by atoms with Crippen molar-refractivity contribution < 1.29 is 14.8 Å². The zero-order chi connectivity index (χ0) is 20.5. The summed E-state index contributed by atoms with van der Waals surface area (Å²) >= 11 is 1.49. The highest BCUT2D eigenvalue weighted by Crippen LogP contribution is 2.38. The predicted molar refractivity (Wildman–Crippen MR) is 107 cm³/mol. The Bertz CT molecular complexity index is 1110. The topological polar surface area (TPSA) is 114 Å². The monoisotopic (exact) mass is 411 g/mol. The van der Waals surface area contributed by atoms with E-state index in [1.54, 1.807) is 25.1 Å². The van der Waals surface area contributed by atoms with Gasteiger partial charge in [0.05, 0.1) is 21.6 Å². The lowest BCUT2D eigenvalue weighted by Crippen LogP contribution is -2.28. The molecule has 148 valence electrons. The number of hydrogen-bond acceptors (Lipinski definition) is 7. The van der Waals surface area contributed by atoms with Crippen molar-refractivity contribution in [2.24, 2.45) is 5.10 Å². The third kappa shape index (κ3) is 3.38. The number of hydrogen-bond donors (Lipinski definition) is 1. The van der Waals surface area contributed by atoms with Crippen molar-refractivity contribution in [1.82, 2.24) is 14.8 Å². The summed E-state index contributed by atoms with van der Waals surface area (Å²) in [5.41, 5.74) is 0.564. The van der Waals surface area contributed by atoms with Crippen LogP contribution in [0.1, 0.15) is 40.3 Å². The van der Waals surface area contributed by atoms with Crippen LogP contribution in [0.4, 0.5) is 5.69 Å². The van der Waals surface area contributed by atoms with E-state index in [1.165, 1.54) is 33.3 Å². The molecule has 0 saturated carbocycles. The number of carbonyl (C=O) groups excluding carboxylic acids is 1. The summed E-state index contributed by atoms with van der Waals surface area (Å²) in [6, 6.07) is 9.89. The number of nitro groups is 1. The minimum Gasteiger partial charge on any atom is -0.508 e. The minimum atomic E-state index is -0.677. The molecule has 1 aromatic carbocycles. The average Bonchev–Trinajstić information content (AvgIpc) is 3.46. The van der Waals surface area contributed by atoms with Gasteiger partial charge in [0, 0.05) is 18.5 Å². The number of aromatic hydroxyl groups is 1. The highest BCUT2D eigenvalue weighted by Gasteiger charge is 2.39. The molecule has 1 N–H and O–H groups in total. The maximum atomic E-state index is 13.3. The second-order valence-electron chi connectivity index (χ2n) is 6.43. The summed E-state index contributed by atoms with van der Waals surface area (Å²) in [5, 5.41) is 33.4. The van der Waals surface area contributed by atoms with Crippen LogP contribution in [0, 0.1) is 10.1 Å². The van der Waals surface area contributed by atoms with Gasteiger partial charge in [-0.15, -0.1) is 11.3 Å². The molecule has 1 atom stereocenters. The smallest absolute Gasteiger partial charge is 0.320 e. The second kappa shape index (κ2) is 7.47. The fourth-order valence-corrected chi connectivity index (χ4v) is 3.99. The Hall–Kier alpha value is -3.53. The number of carbonyl (C=O) groups is 1. The van der Waals surface area contributed by atoms with Gasteiger partial charge in [-0.3, -0.25) is 19.6 Å². The fourth-order valence-electron chi connectivity index (χ4n) is 3.27. The lowest BCUT2D eigenvalue weighted by atomic mass is 10.00. The molecule has 3 heterocycles. The number of aromatic nitrogens is 2. The van der Waals surface area contributed by atoms with Crippen LogP contribution in [0.5, 0.6) is 5.75 Å². The Morgan fingerprint density at radius 1 is 1.34 bits per heavy atom. The second-order valence-corrected chi connectivity index (χ2v) is 7.38. The first kappa shape index (κ1) is 18.8. The van der Waals surface area contributed by atoms with E-state index in [-0.39, 0.29) is 17.1 Å². The first-order valence-electron chi connectivity index (χ1n) is 8.94. The summed E-state index contributed by atoms with van der Waals surface area (Å²) in [6.45, 7) is 2.17. The largest absolute Gasteiger partial charge is 0.508 e. The van der Waals surface area contributed by atoms with Crippen LogP contribution >= 0.6 is 11.3 Å². The SMILES string of the molecule is CCn1cc([N+](=O)[O-])c(C(=O)N2N=C(c3cccs3)C[C@H]2c2ccccc2O)n1. The molecule has 0 spiro atoms. The summed E-state index contributed by atoms with van der Waals surface area (Å²) in [4.78, 5) is 25.0. The Kier molecular flexibility index (Phi) is 4.85. The van der Waals surface area contributed by atoms with Gasteiger partial charge in [0.1, 0.15) is 11.9 Å². The Balaban J connectivity index is 1.79. The van der Waals surface area contributed by atoms with Gasteiger partial charge in [0.25, 0.3) is 0 Å². The van der Waals surface area contributed by atoms with Gasteiger partial charge in [0.2, 0.25) is 5.69 Å². The van der Waals surface area contributed by atoms with Crippen LogP contribution in [-0.2, 0) is 6.54 Å². The molecule has 0 saturated heterocycles. The lowest BCUT2D eigenvalue weighted by molar-refractivity contribution is -0.385. The molecule has 0 aliphatic carbocycles. The van der Waals surface area contributed by atoms with Gasteiger partial charge < -0.3 is 5.11 Å². The summed E-state index contributed by atoms with van der Waals surface area (Å²) in [6.07, 6.45) is 1.62. The molecule has 9 nitrogen and oxygen atoms in total. The van der Waals surface area contributed by atoms with Gasteiger partial charge in [-0.05, 0) is 24.4 Å². The Morgan fingerprint density at radius 2 is 2.14 bits per heavy atom. The first-order chi connectivity index (χ1) is 14.0. The lowest BCUT2D eigenvalue weighted by Gasteiger charge is -2.21. The van der Waals surface area contributed by atoms with Crippen LogP contribution in [0.25, 0.3) is 0 Å². The third-order valence-corrected chi connectivity index (χ3v) is 5.60. The molecule has 2 aromatic heterocycles. The van der Waals surface area contributed by atoms with Crippen molar-refractivity contribution >= 4 is 28.6 Å². The molecule has 0 unspecified atom stereocenters. The number of hydrazone groups is 1. The number of benzene rings is 1. The van der Waals surface area contributed by atoms with Crippen LogP contribution in [0.2, 0.25) is 0 Å². The van der Waals surface area contributed by atoms with Crippen LogP contribution < -0.4 is 0 Å². The molecule has 0 radical (unpaired) electrons. The van der Waals surface area contributed by atoms with Gasteiger partial charge in [-0.1, -0.05) is 24.3 Å². The van der Waals surface area contributed by atoms with E-state index >= 15 is 0 Å². The van der Waals surface area contributed by atoms with Crippen LogP contribution in [0.3, 0.4) is 0 Å². The van der Waals surface area contributed by atoms with Crippen molar-refractivity contribution in [2.75, 3.05) is 0 Å². The zero-order valence-electron chi connectivity index (χ0n) is 15.4. The molecule has 1 aliphatic heterocycles. The minimum absolute atomic E-state index is 0.0338. The van der Waals surface area contributed by atoms with Crippen molar-refractivity contribution in [3.05, 3.63) is 74.2 Å². The normalized spacial score (nSPS) is 16.1. The van der Waals surface area contributed by atoms with E-state index in [9.17, 15) is 20.0 Å². The van der Waals surface area contributed by atoms with E-state index in [2.05, 4.69) is 10.2 Å². The number of aryl methyl sites for hydroxylation is 1. The Morgan fingerprint density at radius 3 is 2.79 bits per heavy atom. The zero-order valence-corrected chi connectivity index (χ0v) is 16.2. The number of thiophene rings is 1. The van der Waals surface area contributed by atoms with Gasteiger partial charge in [0.15, 0.2) is 0 Å². The maximum absolute atomic E-state index is 13.3. The molecular formula is C19H17N5O4S. The third-order valence-electron chi connectivity index (χ3n) is 4.69. The molecule has 0 fully saturated rings. The van der Waals surface area contributed by atoms with E-state index in [4.69, 9.17) is 0 Å². The first-order valence-corrected chi connectivity index (χ1v) is 9.82. The molecule has 10 heteroatoms. The van der Waals surface area contributed by atoms with Crippen LogP contribution in [-0.4, -0.2) is 36.4 Å². The van der Waals surface area contributed by atoms with E-state index in [0.29, 0.717) is 24.2 Å². The van der Waals surface area contributed by atoms with Crippen molar-refractivity contribution in [2.45, 2.75) is 25.9 Å². The number of para-hydroxylation sites is 1. The molecule has 1 aliphatic rings. The average molecular weight is 411 g/mol. The molecule has 29 heavy (non-hydrogen) atoms. The number of phenolic OH excluding ortho intramolecular Hbond substituents is 1. The summed E-state index contributed by atoms with van der Waals surface area (Å²) in [7, 11) is 0. The molecule has 4 rings (SSSR count).